The molecule has 0 aliphatic rings. The molecular weight excluding hydrogens is 408 g/mol. The molecule has 0 saturated carbocycles. The van der Waals surface area contributed by atoms with Gasteiger partial charge in [-0.15, -0.1) is 10.2 Å². The molecule has 1 heterocycles. The van der Waals surface area contributed by atoms with Gasteiger partial charge in [0.2, 0.25) is 5.13 Å². The standard InChI is InChI=1S/C20H20N4O5S/c1-3-13-4-7-15(8-5-13)29-11-10-18-22-23-20(30-18)21-19(25)14-6-9-16(24(26)27)17(12-14)28-2/h4-9,12H,3,10-11H2,1-2H3,(H,21,23,25). The van der Waals surface area contributed by atoms with E-state index in [1.807, 2.05) is 24.3 Å². The molecule has 0 aliphatic carbocycles. The summed E-state index contributed by atoms with van der Waals surface area (Å²) in [7, 11) is 1.31. The summed E-state index contributed by atoms with van der Waals surface area (Å²) in [5.74, 6) is 0.338. The number of nitro benzene ring substituents is 1. The van der Waals surface area contributed by atoms with E-state index in [0.29, 0.717) is 18.2 Å². The van der Waals surface area contributed by atoms with E-state index in [1.165, 1.54) is 42.2 Å². The number of carbonyl (C=O) groups is 1. The molecule has 0 fully saturated rings. The van der Waals surface area contributed by atoms with Crippen LogP contribution in [0.1, 0.15) is 27.9 Å². The Hall–Kier alpha value is -3.53. The molecule has 30 heavy (non-hydrogen) atoms. The van der Waals surface area contributed by atoms with Crippen LogP contribution in [0.4, 0.5) is 10.8 Å². The summed E-state index contributed by atoms with van der Waals surface area (Å²) >= 11 is 1.24. The summed E-state index contributed by atoms with van der Waals surface area (Å²) in [6.45, 7) is 2.54. The van der Waals surface area contributed by atoms with Gasteiger partial charge in [0.05, 0.1) is 18.6 Å². The average molecular weight is 428 g/mol. The highest BCUT2D eigenvalue weighted by Gasteiger charge is 2.18. The molecule has 0 atom stereocenters. The number of nitrogens with zero attached hydrogens (tertiary/aromatic N) is 3. The maximum absolute atomic E-state index is 12.4. The number of nitrogens with one attached hydrogen (secondary N) is 1. The van der Waals surface area contributed by atoms with Crippen molar-refractivity contribution in [3.63, 3.8) is 0 Å². The van der Waals surface area contributed by atoms with Gasteiger partial charge in [-0.1, -0.05) is 30.4 Å². The summed E-state index contributed by atoms with van der Waals surface area (Å²) in [5, 5.41) is 22.7. The van der Waals surface area contributed by atoms with Crippen molar-refractivity contribution in [3.8, 4) is 11.5 Å². The zero-order chi connectivity index (χ0) is 21.5. The van der Waals surface area contributed by atoms with E-state index in [2.05, 4.69) is 22.4 Å². The number of rotatable bonds is 9. The Morgan fingerprint density at radius 3 is 2.63 bits per heavy atom. The number of aromatic nitrogens is 2. The van der Waals surface area contributed by atoms with Crippen LogP contribution in [-0.4, -0.2) is 34.7 Å². The van der Waals surface area contributed by atoms with Crippen LogP contribution in [-0.2, 0) is 12.8 Å². The molecule has 1 amide bonds. The Kier molecular flexibility index (Phi) is 6.91. The second-order valence-corrected chi connectivity index (χ2v) is 7.26. The smallest absolute Gasteiger partial charge is 0.310 e. The number of anilines is 1. The van der Waals surface area contributed by atoms with Crippen LogP contribution in [0.15, 0.2) is 42.5 Å². The number of hydrogen-bond donors (Lipinski definition) is 1. The highest BCUT2D eigenvalue weighted by Crippen LogP contribution is 2.28. The number of nitro groups is 1. The first kappa shape index (κ1) is 21.2. The number of methoxy groups -OCH3 is 1. The lowest BCUT2D eigenvalue weighted by Crippen LogP contribution is -2.12. The van der Waals surface area contributed by atoms with Crippen molar-refractivity contribution in [2.24, 2.45) is 0 Å². The van der Waals surface area contributed by atoms with Gasteiger partial charge < -0.3 is 9.47 Å². The molecule has 9 nitrogen and oxygen atoms in total. The molecule has 0 unspecified atom stereocenters. The van der Waals surface area contributed by atoms with Crippen molar-refractivity contribution in [1.29, 1.82) is 0 Å². The van der Waals surface area contributed by atoms with Gasteiger partial charge in [0.25, 0.3) is 5.91 Å². The summed E-state index contributed by atoms with van der Waals surface area (Å²) in [6.07, 6.45) is 1.53. The molecule has 0 radical (unpaired) electrons. The molecule has 0 bridgehead atoms. The van der Waals surface area contributed by atoms with Gasteiger partial charge in [-0.2, -0.15) is 0 Å². The molecular formula is C20H20N4O5S. The summed E-state index contributed by atoms with van der Waals surface area (Å²) in [6, 6.07) is 11.8. The molecule has 156 valence electrons. The average Bonchev–Trinajstić information content (AvgIpc) is 3.20. The number of aryl methyl sites for hydroxylation is 1. The zero-order valence-corrected chi connectivity index (χ0v) is 17.3. The van der Waals surface area contributed by atoms with Crippen molar-refractivity contribution < 1.29 is 19.2 Å². The predicted molar refractivity (Wildman–Crippen MR) is 113 cm³/mol. The van der Waals surface area contributed by atoms with E-state index < -0.39 is 10.8 Å². The quantitative estimate of drug-likeness (QED) is 0.406. The van der Waals surface area contributed by atoms with Crippen LogP contribution in [0.25, 0.3) is 0 Å². The third-order valence-electron chi connectivity index (χ3n) is 4.24. The largest absolute Gasteiger partial charge is 0.493 e. The van der Waals surface area contributed by atoms with Crippen molar-refractivity contribution in [2.75, 3.05) is 19.0 Å². The molecule has 0 saturated heterocycles. The first-order valence-electron chi connectivity index (χ1n) is 9.18. The first-order valence-corrected chi connectivity index (χ1v) is 9.99. The number of ether oxygens (including phenoxy) is 2. The van der Waals surface area contributed by atoms with E-state index in [-0.39, 0.29) is 17.0 Å². The van der Waals surface area contributed by atoms with Crippen molar-refractivity contribution >= 4 is 28.1 Å². The third-order valence-corrected chi connectivity index (χ3v) is 5.14. The lowest BCUT2D eigenvalue weighted by molar-refractivity contribution is -0.385. The second-order valence-electron chi connectivity index (χ2n) is 6.19. The molecule has 3 rings (SSSR count). The van der Waals surface area contributed by atoms with Gasteiger partial charge in [0, 0.05) is 24.1 Å². The molecule has 2 aromatic carbocycles. The monoisotopic (exact) mass is 428 g/mol. The minimum absolute atomic E-state index is 0.00900. The minimum atomic E-state index is -0.572. The van der Waals surface area contributed by atoms with E-state index in [9.17, 15) is 14.9 Å². The van der Waals surface area contributed by atoms with Crippen LogP contribution in [0.3, 0.4) is 0 Å². The molecule has 10 heteroatoms. The number of benzene rings is 2. The van der Waals surface area contributed by atoms with Crippen molar-refractivity contribution in [3.05, 3.63) is 68.7 Å². The van der Waals surface area contributed by atoms with E-state index >= 15 is 0 Å². The fraction of sp³-hybridized carbons (Fsp3) is 0.250. The van der Waals surface area contributed by atoms with Crippen LogP contribution in [0.2, 0.25) is 0 Å². The number of amides is 1. The fourth-order valence-electron chi connectivity index (χ4n) is 2.62. The SMILES string of the molecule is CCc1ccc(OCCc2nnc(NC(=O)c3ccc([N+](=O)[O-])c(OC)c3)s2)cc1. The Balaban J connectivity index is 1.55. The Morgan fingerprint density at radius 1 is 1.20 bits per heavy atom. The number of hydrogen-bond acceptors (Lipinski definition) is 8. The maximum atomic E-state index is 12.4. The summed E-state index contributed by atoms with van der Waals surface area (Å²) in [4.78, 5) is 22.8. The van der Waals surface area contributed by atoms with E-state index in [0.717, 1.165) is 17.2 Å². The second kappa shape index (κ2) is 9.79. The number of carbonyl (C=O) groups excluding carboxylic acids is 1. The molecule has 3 aromatic rings. The predicted octanol–water partition coefficient (Wildman–Crippen LogP) is 3.89. The van der Waals surface area contributed by atoms with Gasteiger partial charge in [-0.3, -0.25) is 20.2 Å². The van der Waals surface area contributed by atoms with E-state index in [1.54, 1.807) is 0 Å². The summed E-state index contributed by atoms with van der Waals surface area (Å²) in [5.41, 5.74) is 1.25. The van der Waals surface area contributed by atoms with Gasteiger partial charge in [0.15, 0.2) is 5.75 Å². The molecule has 1 N–H and O–H groups in total. The maximum Gasteiger partial charge on any atom is 0.310 e. The molecule has 0 aliphatic heterocycles. The van der Waals surface area contributed by atoms with Crippen LogP contribution in [0.5, 0.6) is 11.5 Å². The normalized spacial score (nSPS) is 10.5. The van der Waals surface area contributed by atoms with Gasteiger partial charge in [0.1, 0.15) is 10.8 Å². The lowest BCUT2D eigenvalue weighted by Gasteiger charge is -2.05. The highest BCUT2D eigenvalue weighted by atomic mass is 32.1. The highest BCUT2D eigenvalue weighted by molar-refractivity contribution is 7.15. The van der Waals surface area contributed by atoms with Crippen molar-refractivity contribution in [2.45, 2.75) is 19.8 Å². The lowest BCUT2D eigenvalue weighted by atomic mass is 10.2. The van der Waals surface area contributed by atoms with Crippen LogP contribution in [0, 0.1) is 10.1 Å². The molecule has 0 spiro atoms. The van der Waals surface area contributed by atoms with Gasteiger partial charge >= 0.3 is 5.69 Å². The Bertz CT molecular complexity index is 1040. The van der Waals surface area contributed by atoms with E-state index in [4.69, 9.17) is 9.47 Å². The van der Waals surface area contributed by atoms with Crippen LogP contribution < -0.4 is 14.8 Å². The van der Waals surface area contributed by atoms with Crippen molar-refractivity contribution in [1.82, 2.24) is 10.2 Å². The van der Waals surface area contributed by atoms with Gasteiger partial charge in [-0.05, 0) is 30.2 Å². The molecule has 1 aromatic heterocycles. The Labute approximate surface area is 176 Å². The minimum Gasteiger partial charge on any atom is -0.493 e. The Morgan fingerprint density at radius 2 is 1.97 bits per heavy atom. The zero-order valence-electron chi connectivity index (χ0n) is 16.5. The fourth-order valence-corrected chi connectivity index (χ4v) is 3.34. The summed E-state index contributed by atoms with van der Waals surface area (Å²) < 4.78 is 10.7. The van der Waals surface area contributed by atoms with Crippen LogP contribution >= 0.6 is 11.3 Å². The third kappa shape index (κ3) is 5.29. The topological polar surface area (TPSA) is 116 Å². The van der Waals surface area contributed by atoms with Gasteiger partial charge in [-0.25, -0.2) is 0 Å². The first-order chi connectivity index (χ1) is 14.5.